The summed E-state index contributed by atoms with van der Waals surface area (Å²) < 4.78 is 1.99. The van der Waals surface area contributed by atoms with E-state index in [0.29, 0.717) is 11.6 Å². The number of aromatic hydroxyl groups is 1. The second kappa shape index (κ2) is 11.6. The van der Waals surface area contributed by atoms with E-state index in [4.69, 9.17) is 0 Å². The van der Waals surface area contributed by atoms with Crippen molar-refractivity contribution in [2.75, 3.05) is 5.75 Å². The van der Waals surface area contributed by atoms with E-state index in [-0.39, 0.29) is 22.8 Å². The second-order valence-electron chi connectivity index (χ2n) is 10.1. The summed E-state index contributed by atoms with van der Waals surface area (Å²) in [5.74, 6) is 0.792. The number of phenols is 1. The van der Waals surface area contributed by atoms with Gasteiger partial charge in [0.2, 0.25) is 0 Å². The Hall–Kier alpha value is -3.91. The lowest BCUT2D eigenvalue weighted by atomic mass is 9.87. The van der Waals surface area contributed by atoms with E-state index in [2.05, 4.69) is 65.8 Å². The molecule has 0 spiro atoms. The fourth-order valence-corrected chi connectivity index (χ4v) is 4.63. The Balaban J connectivity index is 1.56. The van der Waals surface area contributed by atoms with Crippen LogP contribution in [0.5, 0.6) is 5.75 Å². The molecule has 0 aliphatic heterocycles. The van der Waals surface area contributed by atoms with Gasteiger partial charge in [-0.2, -0.15) is 5.10 Å². The molecule has 0 radical (unpaired) electrons. The van der Waals surface area contributed by atoms with Crippen LogP contribution in [-0.2, 0) is 10.2 Å². The second-order valence-corrected chi connectivity index (χ2v) is 11.0. The molecule has 38 heavy (non-hydrogen) atoms. The number of nitrogens with zero attached hydrogens (tertiary/aromatic N) is 4. The van der Waals surface area contributed by atoms with Gasteiger partial charge in [0.15, 0.2) is 11.0 Å². The number of amides is 1. The standard InChI is InChI=1S/C30H33N5O2S/c1-6-26(21-11-17-25(36)18-12-21)31-32-27(37)19-38-29-34-33-28(35(29)24-15-7-20(2)8-16-24)22-9-13-23(14-10-22)30(3,4)5/h7-18,36H,6,19H2,1-5H3,(H,32,37)/b31-26-. The van der Waals surface area contributed by atoms with Crippen LogP contribution in [0.15, 0.2) is 83.1 Å². The normalized spacial score (nSPS) is 12.0. The summed E-state index contributed by atoms with van der Waals surface area (Å²) in [5, 5.41) is 23.4. The Labute approximate surface area is 228 Å². The Morgan fingerprint density at radius 3 is 2.24 bits per heavy atom. The smallest absolute Gasteiger partial charge is 0.250 e. The maximum atomic E-state index is 12.7. The van der Waals surface area contributed by atoms with Gasteiger partial charge in [-0.1, -0.05) is 81.4 Å². The Bertz CT molecular complexity index is 1420. The number of carbonyl (C=O) groups is 1. The molecule has 1 heterocycles. The summed E-state index contributed by atoms with van der Waals surface area (Å²) in [5.41, 5.74) is 8.56. The fraction of sp³-hybridized carbons (Fsp3) is 0.267. The number of thioether (sulfide) groups is 1. The molecule has 1 amide bonds. The van der Waals surface area contributed by atoms with Gasteiger partial charge in [0, 0.05) is 11.3 Å². The van der Waals surface area contributed by atoms with E-state index in [0.717, 1.165) is 33.9 Å². The lowest BCUT2D eigenvalue weighted by Crippen LogP contribution is -2.22. The molecule has 1 aromatic heterocycles. The van der Waals surface area contributed by atoms with Gasteiger partial charge >= 0.3 is 0 Å². The third-order valence-electron chi connectivity index (χ3n) is 6.12. The van der Waals surface area contributed by atoms with Gasteiger partial charge < -0.3 is 5.11 Å². The molecule has 2 N–H and O–H groups in total. The third kappa shape index (κ3) is 6.50. The average molecular weight is 528 g/mol. The van der Waals surface area contributed by atoms with Crippen molar-refractivity contribution in [3.63, 3.8) is 0 Å². The van der Waals surface area contributed by atoms with Crippen molar-refractivity contribution >= 4 is 23.4 Å². The maximum absolute atomic E-state index is 12.7. The highest BCUT2D eigenvalue weighted by Gasteiger charge is 2.19. The average Bonchev–Trinajstić information content (AvgIpc) is 3.32. The topological polar surface area (TPSA) is 92.4 Å². The van der Waals surface area contributed by atoms with Crippen LogP contribution in [0.25, 0.3) is 17.1 Å². The molecular formula is C30H33N5O2S. The van der Waals surface area contributed by atoms with Crippen LogP contribution in [0.4, 0.5) is 0 Å². The molecule has 0 saturated heterocycles. The molecule has 0 bridgehead atoms. The molecular weight excluding hydrogens is 494 g/mol. The highest BCUT2D eigenvalue weighted by molar-refractivity contribution is 7.99. The predicted octanol–water partition coefficient (Wildman–Crippen LogP) is 6.27. The van der Waals surface area contributed by atoms with Crippen molar-refractivity contribution < 1.29 is 9.90 Å². The molecule has 0 fully saturated rings. The van der Waals surface area contributed by atoms with Crippen LogP contribution in [0, 0.1) is 6.92 Å². The summed E-state index contributed by atoms with van der Waals surface area (Å²) in [7, 11) is 0. The number of hydrazone groups is 1. The summed E-state index contributed by atoms with van der Waals surface area (Å²) in [4.78, 5) is 12.7. The quantitative estimate of drug-likeness (QED) is 0.160. The Morgan fingerprint density at radius 2 is 1.63 bits per heavy atom. The molecule has 4 aromatic rings. The number of hydrogen-bond donors (Lipinski definition) is 2. The fourth-order valence-electron chi connectivity index (χ4n) is 3.89. The van der Waals surface area contributed by atoms with Crippen molar-refractivity contribution in [3.05, 3.63) is 89.5 Å². The molecule has 196 valence electrons. The largest absolute Gasteiger partial charge is 0.508 e. The first kappa shape index (κ1) is 27.1. The van der Waals surface area contributed by atoms with Crippen LogP contribution in [0.3, 0.4) is 0 Å². The minimum atomic E-state index is -0.241. The minimum Gasteiger partial charge on any atom is -0.508 e. The van der Waals surface area contributed by atoms with Crippen LogP contribution >= 0.6 is 11.8 Å². The van der Waals surface area contributed by atoms with Crippen molar-refractivity contribution in [1.82, 2.24) is 20.2 Å². The number of nitrogens with one attached hydrogen (secondary N) is 1. The molecule has 0 aliphatic rings. The zero-order chi connectivity index (χ0) is 27.3. The third-order valence-corrected chi connectivity index (χ3v) is 7.05. The van der Waals surface area contributed by atoms with E-state index in [1.807, 2.05) is 42.7 Å². The highest BCUT2D eigenvalue weighted by Crippen LogP contribution is 2.30. The molecule has 0 unspecified atom stereocenters. The van der Waals surface area contributed by atoms with Gasteiger partial charge in [-0.25, -0.2) is 5.43 Å². The van der Waals surface area contributed by atoms with Gasteiger partial charge in [0.25, 0.3) is 5.91 Å². The molecule has 8 heteroatoms. The Morgan fingerprint density at radius 1 is 0.974 bits per heavy atom. The summed E-state index contributed by atoms with van der Waals surface area (Å²) in [6.07, 6.45) is 0.636. The van der Waals surface area contributed by atoms with E-state index < -0.39 is 0 Å². The van der Waals surface area contributed by atoms with Crippen molar-refractivity contribution in [3.8, 4) is 22.8 Å². The molecule has 0 aliphatic carbocycles. The maximum Gasteiger partial charge on any atom is 0.250 e. The summed E-state index contributed by atoms with van der Waals surface area (Å²) >= 11 is 1.31. The molecule has 7 nitrogen and oxygen atoms in total. The van der Waals surface area contributed by atoms with Crippen LogP contribution < -0.4 is 5.43 Å². The molecule has 0 saturated carbocycles. The molecule has 3 aromatic carbocycles. The lowest BCUT2D eigenvalue weighted by molar-refractivity contribution is -0.118. The zero-order valence-electron chi connectivity index (χ0n) is 22.4. The van der Waals surface area contributed by atoms with Crippen LogP contribution in [0.2, 0.25) is 0 Å². The number of hydrogen-bond acceptors (Lipinski definition) is 6. The first-order valence-corrected chi connectivity index (χ1v) is 13.5. The van der Waals surface area contributed by atoms with Gasteiger partial charge in [0.05, 0.1) is 11.5 Å². The van der Waals surface area contributed by atoms with Crippen LogP contribution in [-0.4, -0.2) is 37.2 Å². The number of rotatable bonds is 8. The number of aromatic nitrogens is 3. The van der Waals surface area contributed by atoms with Gasteiger partial charge in [-0.15, -0.1) is 10.2 Å². The highest BCUT2D eigenvalue weighted by atomic mass is 32.2. The minimum absolute atomic E-state index is 0.0555. The van der Waals surface area contributed by atoms with E-state index in [9.17, 15) is 9.90 Å². The zero-order valence-corrected chi connectivity index (χ0v) is 23.2. The summed E-state index contributed by atoms with van der Waals surface area (Å²) in [6.45, 7) is 10.6. The Kier molecular flexibility index (Phi) is 8.32. The van der Waals surface area contributed by atoms with E-state index in [1.165, 1.54) is 17.3 Å². The van der Waals surface area contributed by atoms with Gasteiger partial charge in [-0.05, 0) is 66.3 Å². The predicted molar refractivity (Wildman–Crippen MR) is 154 cm³/mol. The van der Waals surface area contributed by atoms with E-state index in [1.54, 1.807) is 24.3 Å². The van der Waals surface area contributed by atoms with Crippen LogP contribution in [0.1, 0.15) is 50.8 Å². The van der Waals surface area contributed by atoms with Crippen molar-refractivity contribution in [1.29, 1.82) is 0 Å². The molecule has 0 atom stereocenters. The monoisotopic (exact) mass is 527 g/mol. The van der Waals surface area contributed by atoms with Gasteiger partial charge in [0.1, 0.15) is 5.75 Å². The first-order valence-electron chi connectivity index (χ1n) is 12.6. The SMILES string of the molecule is CC/C(=N/NC(=O)CSc1nnc(-c2ccc(C(C)(C)C)cc2)n1-c1ccc(C)cc1)c1ccc(O)cc1. The lowest BCUT2D eigenvalue weighted by Gasteiger charge is -2.19. The number of phenolic OH excluding ortho intramolecular Hbond substituents is 1. The number of benzene rings is 3. The number of aryl methyl sites for hydroxylation is 1. The molecule has 4 rings (SSSR count). The first-order chi connectivity index (χ1) is 18.2. The van der Waals surface area contributed by atoms with Crippen molar-refractivity contribution in [2.24, 2.45) is 5.10 Å². The van der Waals surface area contributed by atoms with Gasteiger partial charge in [-0.3, -0.25) is 9.36 Å². The van der Waals surface area contributed by atoms with E-state index >= 15 is 0 Å². The summed E-state index contributed by atoms with van der Waals surface area (Å²) in [6, 6.07) is 23.3. The van der Waals surface area contributed by atoms with Crippen molar-refractivity contribution in [2.45, 2.75) is 51.6 Å². The number of carbonyl (C=O) groups excluding carboxylic acids is 1.